The van der Waals surface area contributed by atoms with Gasteiger partial charge in [-0.1, -0.05) is 24.3 Å². The number of hydrogen-bond donors (Lipinski definition) is 0. The summed E-state index contributed by atoms with van der Waals surface area (Å²) in [7, 11) is -0.833. The van der Waals surface area contributed by atoms with Crippen LogP contribution in [0.5, 0.6) is 0 Å². The first-order valence-corrected chi connectivity index (χ1v) is 7.38. The van der Waals surface area contributed by atoms with Gasteiger partial charge in [0.25, 0.3) is 0 Å². The van der Waals surface area contributed by atoms with Gasteiger partial charge in [0.2, 0.25) is 9.04 Å². The largest absolute Gasteiger partial charge is 0.410 e. The van der Waals surface area contributed by atoms with Crippen molar-refractivity contribution in [3.63, 3.8) is 0 Å². The zero-order valence-corrected chi connectivity index (χ0v) is 10.2. The van der Waals surface area contributed by atoms with Crippen LogP contribution in [0.15, 0.2) is 36.9 Å². The van der Waals surface area contributed by atoms with Gasteiger partial charge in [-0.05, 0) is 25.6 Å². The molecule has 0 N–H and O–H groups in total. The third kappa shape index (κ3) is 3.61. The minimum Gasteiger partial charge on any atom is -0.410 e. The van der Waals surface area contributed by atoms with Crippen LogP contribution in [0.3, 0.4) is 0 Å². The summed E-state index contributed by atoms with van der Waals surface area (Å²) in [5, 5.41) is 0. The summed E-state index contributed by atoms with van der Waals surface area (Å²) in [6, 6.07) is 6.75. The van der Waals surface area contributed by atoms with E-state index in [0.29, 0.717) is 12.0 Å². The molecule has 1 aromatic rings. The highest BCUT2D eigenvalue weighted by Gasteiger charge is 2.16. The normalized spacial score (nSPS) is 12.8. The predicted molar refractivity (Wildman–Crippen MR) is 62.5 cm³/mol. The highest BCUT2D eigenvalue weighted by atomic mass is 28.3. The fourth-order valence-corrected chi connectivity index (χ4v) is 2.20. The fraction of sp³-hybridized carbons (Fsp3) is 0.333. The topological polar surface area (TPSA) is 9.23 Å². The molecular formula is C12H16FOSi. The molecule has 15 heavy (non-hydrogen) atoms. The number of hydrogen-bond acceptors (Lipinski definition) is 1. The van der Waals surface area contributed by atoms with Crippen LogP contribution in [0.2, 0.25) is 13.1 Å². The Balaban J connectivity index is 2.88. The van der Waals surface area contributed by atoms with Crippen LogP contribution >= 0.6 is 0 Å². The smallest absolute Gasteiger partial charge is 0.205 e. The molecule has 0 heterocycles. The number of benzene rings is 1. The van der Waals surface area contributed by atoms with Crippen molar-refractivity contribution in [1.29, 1.82) is 0 Å². The minimum absolute atomic E-state index is 0.187. The highest BCUT2D eigenvalue weighted by Crippen LogP contribution is 2.24. The number of rotatable bonds is 5. The second-order valence-electron chi connectivity index (χ2n) is 3.56. The summed E-state index contributed by atoms with van der Waals surface area (Å²) in [5.74, 6) is -0.201. The molecule has 0 fully saturated rings. The second-order valence-corrected chi connectivity index (χ2v) is 5.61. The summed E-state index contributed by atoms with van der Waals surface area (Å²) < 4.78 is 19.3. The van der Waals surface area contributed by atoms with Crippen molar-refractivity contribution in [1.82, 2.24) is 0 Å². The van der Waals surface area contributed by atoms with Crippen molar-refractivity contribution in [2.45, 2.75) is 25.6 Å². The van der Waals surface area contributed by atoms with E-state index in [2.05, 4.69) is 6.58 Å². The van der Waals surface area contributed by atoms with Crippen LogP contribution in [-0.2, 0) is 4.43 Å². The molecule has 1 atom stereocenters. The van der Waals surface area contributed by atoms with Gasteiger partial charge in [0.1, 0.15) is 5.82 Å². The first-order chi connectivity index (χ1) is 7.15. The molecule has 1 unspecified atom stereocenters. The van der Waals surface area contributed by atoms with Crippen molar-refractivity contribution in [2.75, 3.05) is 0 Å². The van der Waals surface area contributed by atoms with Gasteiger partial charge in [-0.2, -0.15) is 0 Å². The Morgan fingerprint density at radius 2 is 2.13 bits per heavy atom. The molecule has 0 aliphatic heterocycles. The Hall–Kier alpha value is -0.933. The Kier molecular flexibility index (Phi) is 4.72. The molecular weight excluding hydrogens is 207 g/mol. The summed E-state index contributed by atoms with van der Waals surface area (Å²) in [6.07, 6.45) is 2.23. The van der Waals surface area contributed by atoms with Crippen LogP contribution in [0.4, 0.5) is 4.39 Å². The van der Waals surface area contributed by atoms with Crippen molar-refractivity contribution in [2.24, 2.45) is 0 Å². The van der Waals surface area contributed by atoms with E-state index in [4.69, 9.17) is 4.43 Å². The van der Waals surface area contributed by atoms with E-state index < -0.39 is 9.04 Å². The van der Waals surface area contributed by atoms with E-state index >= 15 is 0 Å². The summed E-state index contributed by atoms with van der Waals surface area (Å²) >= 11 is 0. The zero-order valence-electron chi connectivity index (χ0n) is 9.16. The monoisotopic (exact) mass is 223 g/mol. The Bertz CT molecular complexity index is 325. The van der Waals surface area contributed by atoms with Crippen LogP contribution in [0.1, 0.15) is 18.1 Å². The average molecular weight is 223 g/mol. The quantitative estimate of drug-likeness (QED) is 0.546. The van der Waals surface area contributed by atoms with Gasteiger partial charge in [-0.15, -0.1) is 6.58 Å². The standard InChI is InChI=1S/C12H16FOSi/c1-4-7-12(14-15(2)3)10-8-5-6-9-11(10)13/h4-6,8-9,12H,1,7H2,2-3H3. The van der Waals surface area contributed by atoms with Gasteiger partial charge in [0, 0.05) is 5.56 Å². The third-order valence-electron chi connectivity index (χ3n) is 2.01. The molecule has 0 aliphatic rings. The molecule has 0 saturated heterocycles. The summed E-state index contributed by atoms with van der Waals surface area (Å²) in [6.45, 7) is 7.76. The molecule has 0 spiro atoms. The van der Waals surface area contributed by atoms with Gasteiger partial charge in [0.05, 0.1) is 6.10 Å². The summed E-state index contributed by atoms with van der Waals surface area (Å²) in [4.78, 5) is 0. The lowest BCUT2D eigenvalue weighted by molar-refractivity contribution is 0.207. The molecule has 1 radical (unpaired) electrons. The van der Waals surface area contributed by atoms with Gasteiger partial charge in [0.15, 0.2) is 0 Å². The lowest BCUT2D eigenvalue weighted by Gasteiger charge is -2.19. The lowest BCUT2D eigenvalue weighted by atomic mass is 10.1. The van der Waals surface area contributed by atoms with Crippen molar-refractivity contribution >= 4 is 9.04 Å². The maximum atomic E-state index is 13.5. The Labute approximate surface area is 92.3 Å². The second kappa shape index (κ2) is 5.83. The van der Waals surface area contributed by atoms with Gasteiger partial charge in [-0.3, -0.25) is 0 Å². The Morgan fingerprint density at radius 3 is 2.67 bits per heavy atom. The van der Waals surface area contributed by atoms with Crippen LogP contribution in [0.25, 0.3) is 0 Å². The zero-order chi connectivity index (χ0) is 11.3. The molecule has 1 aromatic carbocycles. The molecule has 0 aliphatic carbocycles. The van der Waals surface area contributed by atoms with Crippen molar-refractivity contribution in [3.05, 3.63) is 48.3 Å². The van der Waals surface area contributed by atoms with Crippen LogP contribution in [-0.4, -0.2) is 9.04 Å². The maximum Gasteiger partial charge on any atom is 0.205 e. The van der Waals surface area contributed by atoms with Crippen molar-refractivity contribution in [3.8, 4) is 0 Å². The third-order valence-corrected chi connectivity index (χ3v) is 2.77. The van der Waals surface area contributed by atoms with E-state index in [-0.39, 0.29) is 11.9 Å². The maximum absolute atomic E-state index is 13.5. The van der Waals surface area contributed by atoms with Crippen LogP contribution in [0, 0.1) is 5.82 Å². The number of halogens is 1. The highest BCUT2D eigenvalue weighted by molar-refractivity contribution is 6.48. The predicted octanol–water partition coefficient (Wildman–Crippen LogP) is 3.71. The molecule has 81 valence electrons. The van der Waals surface area contributed by atoms with Crippen molar-refractivity contribution < 1.29 is 8.82 Å². The lowest BCUT2D eigenvalue weighted by Crippen LogP contribution is -2.14. The van der Waals surface area contributed by atoms with E-state index in [0.717, 1.165) is 0 Å². The molecule has 1 rings (SSSR count). The first-order valence-electron chi connectivity index (χ1n) is 4.97. The molecule has 0 saturated carbocycles. The Morgan fingerprint density at radius 1 is 1.47 bits per heavy atom. The minimum atomic E-state index is -0.833. The summed E-state index contributed by atoms with van der Waals surface area (Å²) in [5.41, 5.74) is 0.628. The molecule has 0 bridgehead atoms. The molecule has 0 aromatic heterocycles. The molecule has 1 nitrogen and oxygen atoms in total. The van der Waals surface area contributed by atoms with E-state index in [9.17, 15) is 4.39 Å². The van der Waals surface area contributed by atoms with E-state index in [1.165, 1.54) is 6.07 Å². The SMILES string of the molecule is C=CCC(O[Si](C)C)c1ccccc1F. The van der Waals surface area contributed by atoms with Gasteiger partial charge in [-0.25, -0.2) is 4.39 Å². The fourth-order valence-electron chi connectivity index (χ4n) is 1.41. The van der Waals surface area contributed by atoms with Gasteiger partial charge >= 0.3 is 0 Å². The first kappa shape index (κ1) is 12.1. The molecule has 0 amide bonds. The molecule has 3 heteroatoms. The van der Waals surface area contributed by atoms with E-state index in [1.54, 1.807) is 18.2 Å². The van der Waals surface area contributed by atoms with E-state index in [1.807, 2.05) is 19.2 Å². The van der Waals surface area contributed by atoms with Crippen LogP contribution < -0.4 is 0 Å². The average Bonchev–Trinajstić information content (AvgIpc) is 2.17. The van der Waals surface area contributed by atoms with Gasteiger partial charge < -0.3 is 4.43 Å².